The lowest BCUT2D eigenvalue weighted by Gasteiger charge is -2.10. The van der Waals surface area contributed by atoms with Crippen LogP contribution in [0.5, 0.6) is 0 Å². The van der Waals surface area contributed by atoms with Crippen LogP contribution in [-0.4, -0.2) is 41.2 Å². The van der Waals surface area contributed by atoms with Crippen LogP contribution >= 0.6 is 23.4 Å². The second kappa shape index (κ2) is 10.00. The Kier molecular flexibility index (Phi) is 6.47. The van der Waals surface area contributed by atoms with Gasteiger partial charge < -0.3 is 5.32 Å². The molecule has 0 saturated carbocycles. The van der Waals surface area contributed by atoms with Crippen LogP contribution in [-0.2, 0) is 4.79 Å². The van der Waals surface area contributed by atoms with Crippen molar-refractivity contribution in [2.24, 2.45) is 0 Å². The number of nitrogens with one attached hydrogen (secondary N) is 2. The number of amides is 1. The van der Waals surface area contributed by atoms with Gasteiger partial charge in [-0.3, -0.25) is 24.2 Å². The highest BCUT2D eigenvalue weighted by Crippen LogP contribution is 2.28. The molecule has 35 heavy (non-hydrogen) atoms. The first-order valence-electron chi connectivity index (χ1n) is 10.5. The molecule has 11 heteroatoms. The zero-order valence-electron chi connectivity index (χ0n) is 18.1. The number of hydrogen-bond acceptors (Lipinski definition) is 6. The summed E-state index contributed by atoms with van der Waals surface area (Å²) in [6, 6.07) is 21.4. The number of thioether (sulfide) groups is 1. The molecular formula is C24H18ClN7O2S. The summed E-state index contributed by atoms with van der Waals surface area (Å²) in [7, 11) is 0. The lowest BCUT2D eigenvalue weighted by atomic mass is 10.2. The number of pyridine rings is 1. The molecule has 0 aliphatic heterocycles. The van der Waals surface area contributed by atoms with Gasteiger partial charge >= 0.3 is 0 Å². The van der Waals surface area contributed by atoms with Gasteiger partial charge in [-0.05, 0) is 48.5 Å². The Bertz CT molecular complexity index is 1510. The van der Waals surface area contributed by atoms with E-state index in [4.69, 9.17) is 11.6 Å². The number of rotatable bonds is 7. The molecule has 0 radical (unpaired) electrons. The summed E-state index contributed by atoms with van der Waals surface area (Å²) in [4.78, 5) is 29.0. The predicted octanol–water partition coefficient (Wildman–Crippen LogP) is 4.19. The molecule has 0 aliphatic carbocycles. The number of halogens is 1. The van der Waals surface area contributed by atoms with E-state index in [1.165, 1.54) is 22.5 Å². The van der Waals surface area contributed by atoms with Crippen LogP contribution < -0.4 is 10.9 Å². The van der Waals surface area contributed by atoms with E-state index in [9.17, 15) is 9.59 Å². The van der Waals surface area contributed by atoms with Gasteiger partial charge in [0.15, 0.2) is 11.0 Å². The minimum absolute atomic E-state index is 0.0562. The number of aromatic amines is 1. The third-order valence-electron chi connectivity index (χ3n) is 5.00. The van der Waals surface area contributed by atoms with Crippen LogP contribution in [0.15, 0.2) is 95.1 Å². The van der Waals surface area contributed by atoms with E-state index in [0.29, 0.717) is 27.5 Å². The molecule has 3 aromatic heterocycles. The second-order valence-electron chi connectivity index (χ2n) is 7.37. The van der Waals surface area contributed by atoms with E-state index in [2.05, 4.69) is 25.6 Å². The van der Waals surface area contributed by atoms with Crippen molar-refractivity contribution >= 4 is 35.1 Å². The number of anilines is 1. The molecule has 5 rings (SSSR count). The van der Waals surface area contributed by atoms with Crippen LogP contribution in [0.4, 0.5) is 5.82 Å². The largest absolute Gasteiger partial charge is 0.310 e. The van der Waals surface area contributed by atoms with E-state index in [1.54, 1.807) is 36.7 Å². The van der Waals surface area contributed by atoms with Crippen molar-refractivity contribution in [1.82, 2.24) is 29.5 Å². The molecule has 5 aromatic rings. The maximum atomic E-state index is 12.7. The van der Waals surface area contributed by atoms with E-state index in [0.717, 1.165) is 11.3 Å². The Morgan fingerprint density at radius 3 is 2.46 bits per heavy atom. The van der Waals surface area contributed by atoms with Crippen molar-refractivity contribution in [3.63, 3.8) is 0 Å². The molecule has 0 spiro atoms. The van der Waals surface area contributed by atoms with Gasteiger partial charge in [0.2, 0.25) is 5.91 Å². The summed E-state index contributed by atoms with van der Waals surface area (Å²) in [5.74, 6) is 0.677. The average Bonchev–Trinajstić information content (AvgIpc) is 3.47. The number of H-pyrrole nitrogens is 1. The van der Waals surface area contributed by atoms with Crippen molar-refractivity contribution in [3.8, 4) is 22.8 Å². The minimum atomic E-state index is -0.299. The second-order valence-corrected chi connectivity index (χ2v) is 8.75. The maximum Gasteiger partial charge on any atom is 0.273 e. The van der Waals surface area contributed by atoms with Gasteiger partial charge in [-0.15, -0.1) is 10.2 Å². The first-order chi connectivity index (χ1) is 17.1. The number of hydrogen-bond donors (Lipinski definition) is 2. The Labute approximate surface area is 208 Å². The summed E-state index contributed by atoms with van der Waals surface area (Å²) >= 11 is 7.29. The van der Waals surface area contributed by atoms with Crippen molar-refractivity contribution < 1.29 is 4.79 Å². The van der Waals surface area contributed by atoms with E-state index in [1.807, 2.05) is 47.0 Å². The smallest absolute Gasteiger partial charge is 0.273 e. The van der Waals surface area contributed by atoms with Gasteiger partial charge in [0.25, 0.3) is 5.56 Å². The van der Waals surface area contributed by atoms with Crippen LogP contribution in [0.25, 0.3) is 22.8 Å². The molecule has 174 valence electrons. The molecular weight excluding hydrogens is 486 g/mol. The molecule has 9 nitrogen and oxygen atoms in total. The van der Waals surface area contributed by atoms with Gasteiger partial charge in [0, 0.05) is 34.7 Å². The molecule has 0 aliphatic rings. The Hall–Kier alpha value is -4.15. The molecule has 0 saturated heterocycles. The SMILES string of the molecule is O=C(CSc1nnc(-c2ccncc2)n1-c1ccc(Cl)cc1)Nc1cc(=O)n(-c2ccccc2)[nH]1. The maximum absolute atomic E-state index is 12.7. The van der Waals surface area contributed by atoms with E-state index in [-0.39, 0.29) is 17.2 Å². The molecule has 0 fully saturated rings. The zero-order chi connectivity index (χ0) is 24.2. The number of nitrogens with zero attached hydrogens (tertiary/aromatic N) is 5. The normalized spacial score (nSPS) is 10.9. The minimum Gasteiger partial charge on any atom is -0.310 e. The fraction of sp³-hybridized carbons (Fsp3) is 0.0417. The van der Waals surface area contributed by atoms with Crippen molar-refractivity contribution in [3.05, 3.63) is 101 Å². The number of benzene rings is 2. The third-order valence-corrected chi connectivity index (χ3v) is 6.18. The standard InChI is InChI=1S/C24H18ClN7O2S/c25-17-6-8-18(9-7-17)31-23(16-10-12-26-13-11-16)28-29-24(31)35-15-21(33)27-20-14-22(34)32(30-20)19-4-2-1-3-5-19/h1-14,30H,15H2,(H,27,33). The van der Waals surface area contributed by atoms with Crippen LogP contribution in [0.2, 0.25) is 5.02 Å². The number of carbonyl (C=O) groups is 1. The van der Waals surface area contributed by atoms with Crippen molar-refractivity contribution in [1.29, 1.82) is 0 Å². The predicted molar refractivity (Wildman–Crippen MR) is 135 cm³/mol. The monoisotopic (exact) mass is 503 g/mol. The van der Waals surface area contributed by atoms with Gasteiger partial charge in [-0.25, -0.2) is 4.68 Å². The highest BCUT2D eigenvalue weighted by Gasteiger charge is 2.18. The molecule has 0 unspecified atom stereocenters. The molecule has 0 bridgehead atoms. The molecule has 0 atom stereocenters. The topological polar surface area (TPSA) is 110 Å². The molecule has 3 heterocycles. The summed E-state index contributed by atoms with van der Waals surface area (Å²) in [5, 5.41) is 15.4. The quantitative estimate of drug-likeness (QED) is 0.322. The Morgan fingerprint density at radius 1 is 0.971 bits per heavy atom. The summed E-state index contributed by atoms with van der Waals surface area (Å²) in [6.45, 7) is 0. The highest BCUT2D eigenvalue weighted by atomic mass is 35.5. The van der Waals surface area contributed by atoms with Crippen LogP contribution in [0.1, 0.15) is 0 Å². The third kappa shape index (κ3) is 5.03. The zero-order valence-corrected chi connectivity index (χ0v) is 19.7. The number of aromatic nitrogens is 6. The van der Waals surface area contributed by atoms with Crippen LogP contribution in [0, 0.1) is 0 Å². The highest BCUT2D eigenvalue weighted by molar-refractivity contribution is 7.99. The lowest BCUT2D eigenvalue weighted by Crippen LogP contribution is -2.15. The molecule has 1 amide bonds. The number of para-hydroxylation sites is 1. The Morgan fingerprint density at radius 2 is 1.71 bits per heavy atom. The van der Waals surface area contributed by atoms with Crippen molar-refractivity contribution in [2.75, 3.05) is 11.1 Å². The van der Waals surface area contributed by atoms with E-state index >= 15 is 0 Å². The van der Waals surface area contributed by atoms with Gasteiger partial charge in [0.05, 0.1) is 11.4 Å². The lowest BCUT2D eigenvalue weighted by molar-refractivity contribution is -0.113. The van der Waals surface area contributed by atoms with Gasteiger partial charge in [0.1, 0.15) is 5.82 Å². The fourth-order valence-corrected chi connectivity index (χ4v) is 4.30. The van der Waals surface area contributed by atoms with E-state index < -0.39 is 0 Å². The summed E-state index contributed by atoms with van der Waals surface area (Å²) in [6.07, 6.45) is 3.36. The average molecular weight is 504 g/mol. The first-order valence-corrected chi connectivity index (χ1v) is 11.9. The van der Waals surface area contributed by atoms with Crippen LogP contribution in [0.3, 0.4) is 0 Å². The summed E-state index contributed by atoms with van der Waals surface area (Å²) < 4.78 is 3.22. The molecule has 2 N–H and O–H groups in total. The number of carbonyl (C=O) groups excluding carboxylic acids is 1. The Balaban J connectivity index is 1.35. The summed E-state index contributed by atoms with van der Waals surface area (Å²) in [5.41, 5.74) is 2.03. The molecule has 2 aromatic carbocycles. The van der Waals surface area contributed by atoms with Gasteiger partial charge in [-0.2, -0.15) is 0 Å². The fourth-order valence-electron chi connectivity index (χ4n) is 3.42. The first kappa shape index (κ1) is 22.6. The van der Waals surface area contributed by atoms with Gasteiger partial charge in [-0.1, -0.05) is 41.6 Å². The van der Waals surface area contributed by atoms with Crippen molar-refractivity contribution in [2.45, 2.75) is 5.16 Å².